The smallest absolute Gasteiger partial charge is 0.0541 e. The molecule has 0 unspecified atom stereocenters. The highest BCUT2D eigenvalue weighted by Crippen LogP contribution is 2.47. The van der Waals surface area contributed by atoms with Gasteiger partial charge in [0.2, 0.25) is 0 Å². The monoisotopic (exact) mass is 744 g/mol. The molecule has 0 fully saturated rings. The summed E-state index contributed by atoms with van der Waals surface area (Å²) < 4.78 is 5.02. The predicted octanol–water partition coefficient (Wildman–Crippen LogP) is 15.6. The van der Waals surface area contributed by atoms with E-state index in [2.05, 4.69) is 228 Å². The van der Waals surface area contributed by atoms with Crippen molar-refractivity contribution < 1.29 is 0 Å². The number of anilines is 3. The van der Waals surface area contributed by atoms with Gasteiger partial charge in [0.25, 0.3) is 0 Å². The van der Waals surface area contributed by atoms with Gasteiger partial charge in [-0.25, -0.2) is 0 Å². The highest BCUT2D eigenvalue weighted by atomic mass is 32.1. The lowest BCUT2D eigenvalue weighted by Crippen LogP contribution is -2.10. The van der Waals surface area contributed by atoms with Gasteiger partial charge in [0.05, 0.1) is 16.7 Å². The molecule has 0 saturated carbocycles. The van der Waals surface area contributed by atoms with Gasteiger partial charge in [0.15, 0.2) is 0 Å². The summed E-state index contributed by atoms with van der Waals surface area (Å²) in [5.41, 5.74) is 14.1. The van der Waals surface area contributed by atoms with Gasteiger partial charge in [-0.15, -0.1) is 11.3 Å². The maximum atomic E-state index is 2.45. The first-order valence-corrected chi connectivity index (χ1v) is 20.2. The third-order valence-corrected chi connectivity index (χ3v) is 12.4. The second-order valence-electron chi connectivity index (χ2n) is 14.5. The van der Waals surface area contributed by atoms with Crippen LogP contribution < -0.4 is 4.90 Å². The zero-order valence-electron chi connectivity index (χ0n) is 31.1. The van der Waals surface area contributed by atoms with Crippen molar-refractivity contribution in [1.29, 1.82) is 0 Å². The molecule has 0 aliphatic heterocycles. The van der Waals surface area contributed by atoms with Crippen LogP contribution in [0, 0.1) is 0 Å². The first kappa shape index (κ1) is 33.2. The lowest BCUT2D eigenvalue weighted by Gasteiger charge is -2.27. The summed E-state index contributed by atoms with van der Waals surface area (Å²) in [7, 11) is 0. The van der Waals surface area contributed by atoms with E-state index in [-0.39, 0.29) is 0 Å². The molecule has 0 saturated heterocycles. The first-order chi connectivity index (χ1) is 28.3. The molecule has 57 heavy (non-hydrogen) atoms. The Kier molecular flexibility index (Phi) is 8.04. The quantitative estimate of drug-likeness (QED) is 0.158. The van der Waals surface area contributed by atoms with Gasteiger partial charge in [0.1, 0.15) is 0 Å². The summed E-state index contributed by atoms with van der Waals surface area (Å²) in [4.78, 5) is 2.42. The van der Waals surface area contributed by atoms with Crippen LogP contribution in [0.5, 0.6) is 0 Å². The Labute approximate surface area is 335 Å². The van der Waals surface area contributed by atoms with Crippen LogP contribution in [0.1, 0.15) is 0 Å². The van der Waals surface area contributed by atoms with Gasteiger partial charge in [-0.2, -0.15) is 0 Å². The fourth-order valence-electron chi connectivity index (χ4n) is 8.58. The Morgan fingerprint density at radius 1 is 0.333 bits per heavy atom. The topological polar surface area (TPSA) is 8.17 Å². The lowest BCUT2D eigenvalue weighted by molar-refractivity contribution is 1.18. The number of fused-ring (bicyclic) bond motifs is 6. The number of para-hydroxylation sites is 4. The Balaban J connectivity index is 1.15. The number of rotatable bonds is 7. The van der Waals surface area contributed by atoms with E-state index in [1.54, 1.807) is 0 Å². The Morgan fingerprint density at radius 2 is 0.877 bits per heavy atom. The summed E-state index contributed by atoms with van der Waals surface area (Å²) in [6, 6.07) is 79.4. The zero-order chi connectivity index (χ0) is 37.7. The molecule has 11 rings (SSSR count). The molecular weight excluding hydrogens is 709 g/mol. The average molecular weight is 745 g/mol. The van der Waals surface area contributed by atoms with Crippen LogP contribution in [0.15, 0.2) is 218 Å². The van der Waals surface area contributed by atoms with Crippen molar-refractivity contribution in [3.8, 4) is 39.1 Å². The van der Waals surface area contributed by atoms with Crippen molar-refractivity contribution in [2.24, 2.45) is 0 Å². The van der Waals surface area contributed by atoms with Crippen LogP contribution in [-0.4, -0.2) is 4.57 Å². The molecule has 0 atom stereocenters. The molecule has 0 radical (unpaired) electrons. The second kappa shape index (κ2) is 13.8. The van der Waals surface area contributed by atoms with Gasteiger partial charge in [-0.05, 0) is 89.0 Å². The molecule has 3 heteroatoms. The normalized spacial score (nSPS) is 11.5. The minimum atomic E-state index is 1.10. The molecule has 2 aromatic heterocycles. The maximum Gasteiger partial charge on any atom is 0.0541 e. The van der Waals surface area contributed by atoms with Crippen LogP contribution in [0.4, 0.5) is 17.1 Å². The van der Waals surface area contributed by atoms with E-state index >= 15 is 0 Å². The third-order valence-electron chi connectivity index (χ3n) is 11.2. The molecule has 0 bridgehead atoms. The van der Waals surface area contributed by atoms with E-state index < -0.39 is 0 Å². The van der Waals surface area contributed by atoms with Crippen LogP contribution in [0.3, 0.4) is 0 Å². The van der Waals surface area contributed by atoms with Crippen molar-refractivity contribution in [1.82, 2.24) is 4.57 Å². The highest BCUT2D eigenvalue weighted by Gasteiger charge is 2.22. The molecule has 0 aliphatic carbocycles. The summed E-state index contributed by atoms with van der Waals surface area (Å²) in [6.07, 6.45) is 0. The number of aromatic nitrogens is 1. The zero-order valence-corrected chi connectivity index (χ0v) is 31.9. The van der Waals surface area contributed by atoms with Crippen molar-refractivity contribution >= 4 is 70.4 Å². The molecule has 0 amide bonds. The largest absolute Gasteiger partial charge is 0.310 e. The van der Waals surface area contributed by atoms with E-state index in [0.29, 0.717) is 0 Å². The maximum absolute atomic E-state index is 2.45. The van der Waals surface area contributed by atoms with Crippen molar-refractivity contribution in [3.63, 3.8) is 0 Å². The number of thiophene rings is 1. The van der Waals surface area contributed by atoms with Crippen LogP contribution in [0.2, 0.25) is 0 Å². The lowest BCUT2D eigenvalue weighted by atomic mass is 9.97. The van der Waals surface area contributed by atoms with Gasteiger partial charge in [0, 0.05) is 59.1 Å². The van der Waals surface area contributed by atoms with Gasteiger partial charge < -0.3 is 9.47 Å². The Bertz CT molecular complexity index is 3190. The second-order valence-corrected chi connectivity index (χ2v) is 15.6. The molecule has 0 spiro atoms. The molecule has 0 aliphatic rings. The Morgan fingerprint density at radius 3 is 1.63 bits per heavy atom. The minimum absolute atomic E-state index is 1.10. The molecule has 2 heterocycles. The molecular formula is C54H36N2S. The standard InChI is InChI=1S/C54H36N2S/c1-3-17-37(18-4-1)38-19-15-20-39(33-38)40-21-16-24-42(34-40)55(41-22-5-2-6-23-41)43-35-48(54-49(36-43)47-28-10-14-32-53(47)57-54)46-27-9-13-31-52(46)56-50-29-11-7-25-44(50)45-26-8-12-30-51(45)56/h1-36H. The van der Waals surface area contributed by atoms with E-state index in [1.165, 1.54) is 75.4 Å². The molecule has 11 aromatic rings. The highest BCUT2D eigenvalue weighted by molar-refractivity contribution is 7.26. The number of nitrogens with zero attached hydrogens (tertiary/aromatic N) is 2. The fourth-order valence-corrected chi connectivity index (χ4v) is 9.79. The van der Waals surface area contributed by atoms with Crippen LogP contribution >= 0.6 is 11.3 Å². The summed E-state index contributed by atoms with van der Waals surface area (Å²) >= 11 is 1.88. The van der Waals surface area contributed by atoms with E-state index in [0.717, 1.165) is 22.7 Å². The van der Waals surface area contributed by atoms with Gasteiger partial charge in [-0.1, -0.05) is 152 Å². The van der Waals surface area contributed by atoms with Crippen molar-refractivity contribution in [3.05, 3.63) is 218 Å². The van der Waals surface area contributed by atoms with Gasteiger partial charge >= 0.3 is 0 Å². The molecule has 2 nitrogen and oxygen atoms in total. The van der Waals surface area contributed by atoms with E-state index in [9.17, 15) is 0 Å². The minimum Gasteiger partial charge on any atom is -0.310 e. The third kappa shape index (κ3) is 5.71. The van der Waals surface area contributed by atoms with E-state index in [4.69, 9.17) is 0 Å². The predicted molar refractivity (Wildman–Crippen MR) is 245 cm³/mol. The van der Waals surface area contributed by atoms with Crippen molar-refractivity contribution in [2.75, 3.05) is 4.90 Å². The number of hydrogen-bond donors (Lipinski definition) is 0. The Hall–Kier alpha value is -7.20. The summed E-state index contributed by atoms with van der Waals surface area (Å²) in [5.74, 6) is 0. The van der Waals surface area contributed by atoms with Crippen LogP contribution in [-0.2, 0) is 0 Å². The van der Waals surface area contributed by atoms with Crippen LogP contribution in [0.25, 0.3) is 81.0 Å². The molecule has 268 valence electrons. The SMILES string of the molecule is c1ccc(-c2cccc(-c3cccc(N(c4ccccc4)c4cc(-c5ccccc5-n5c6ccccc6c6ccccc65)c5sc6ccccc6c5c4)c3)c2)cc1. The molecule has 0 N–H and O–H groups in total. The summed E-state index contributed by atoms with van der Waals surface area (Å²) in [5, 5.41) is 5.04. The van der Waals surface area contributed by atoms with E-state index in [1.807, 2.05) is 11.3 Å². The van der Waals surface area contributed by atoms with Gasteiger partial charge in [-0.3, -0.25) is 0 Å². The summed E-state index contributed by atoms with van der Waals surface area (Å²) in [6.45, 7) is 0. The number of hydrogen-bond acceptors (Lipinski definition) is 2. The fraction of sp³-hybridized carbons (Fsp3) is 0. The number of benzene rings is 9. The van der Waals surface area contributed by atoms with Crippen molar-refractivity contribution in [2.45, 2.75) is 0 Å². The molecule has 9 aromatic carbocycles. The average Bonchev–Trinajstić information content (AvgIpc) is 3.83. The first-order valence-electron chi connectivity index (χ1n) is 19.4.